The third-order valence-electron chi connectivity index (χ3n) is 4.92. The van der Waals surface area contributed by atoms with Crippen LogP contribution in [0.1, 0.15) is 51.7 Å². The molecule has 0 unspecified atom stereocenters. The van der Waals surface area contributed by atoms with Crippen molar-refractivity contribution < 1.29 is 23.1 Å². The third kappa shape index (κ3) is 6.03. The van der Waals surface area contributed by atoms with Crippen LogP contribution >= 0.6 is 0 Å². The minimum Gasteiger partial charge on any atom is -0.480 e. The highest BCUT2D eigenvalue weighted by molar-refractivity contribution is 5.91. The van der Waals surface area contributed by atoms with Gasteiger partial charge in [0.15, 0.2) is 6.10 Å². The Morgan fingerprint density at radius 3 is 2.45 bits per heavy atom. The van der Waals surface area contributed by atoms with Gasteiger partial charge in [0.1, 0.15) is 17.4 Å². The quantitative estimate of drug-likeness (QED) is 0.723. The van der Waals surface area contributed by atoms with E-state index in [4.69, 9.17) is 4.74 Å². The second-order valence-electron chi connectivity index (χ2n) is 9.09. The lowest BCUT2D eigenvalue weighted by Crippen LogP contribution is -2.38. The Bertz CT molecular complexity index is 965. The first-order chi connectivity index (χ1) is 14.5. The van der Waals surface area contributed by atoms with Crippen LogP contribution in [-0.4, -0.2) is 22.8 Å². The molecule has 0 spiro atoms. The summed E-state index contributed by atoms with van der Waals surface area (Å²) >= 11 is 0. The maximum Gasteiger partial charge on any atom is 0.264 e. The number of nitrogens with one attached hydrogen (secondary N) is 1. The number of hydrogen-bond acceptors (Lipinski definition) is 3. The molecule has 0 saturated carbocycles. The Balaban J connectivity index is 1.86. The molecule has 0 fully saturated rings. The number of carbonyl (C=O) groups is 2. The summed E-state index contributed by atoms with van der Waals surface area (Å²) in [5, 5.41) is 2.89. The summed E-state index contributed by atoms with van der Waals surface area (Å²) in [6, 6.07) is 8.49. The van der Waals surface area contributed by atoms with Gasteiger partial charge in [-0.05, 0) is 47.7 Å². The molecule has 5 nitrogen and oxygen atoms in total. The summed E-state index contributed by atoms with van der Waals surface area (Å²) in [6.45, 7) is 8.05. The van der Waals surface area contributed by atoms with E-state index in [0.29, 0.717) is 29.8 Å². The fourth-order valence-electron chi connectivity index (χ4n) is 3.59. The second-order valence-corrected chi connectivity index (χ2v) is 9.09. The molecule has 0 aromatic heterocycles. The zero-order valence-electron chi connectivity index (χ0n) is 18.3. The number of fused-ring (bicyclic) bond motifs is 1. The number of ether oxygens (including phenoxy) is 1. The van der Waals surface area contributed by atoms with Gasteiger partial charge in [-0.3, -0.25) is 9.59 Å². The zero-order chi connectivity index (χ0) is 22.8. The normalized spacial score (nSPS) is 16.4. The summed E-state index contributed by atoms with van der Waals surface area (Å²) in [4.78, 5) is 26.8. The van der Waals surface area contributed by atoms with E-state index in [1.165, 1.54) is 17.0 Å². The molecule has 1 heterocycles. The minimum atomic E-state index is -0.694. The van der Waals surface area contributed by atoms with Crippen LogP contribution in [0.15, 0.2) is 36.4 Å². The predicted molar refractivity (Wildman–Crippen MR) is 114 cm³/mol. The van der Waals surface area contributed by atoms with E-state index in [2.05, 4.69) is 5.32 Å². The van der Waals surface area contributed by atoms with Gasteiger partial charge in [0.25, 0.3) is 5.91 Å². The minimum absolute atomic E-state index is 0.0490. The van der Waals surface area contributed by atoms with Crippen molar-refractivity contribution in [2.24, 2.45) is 5.41 Å². The molecular weight excluding hydrogens is 402 g/mol. The molecule has 0 aliphatic carbocycles. The number of nitrogens with zero attached hydrogens (tertiary/aromatic N) is 1. The van der Waals surface area contributed by atoms with Gasteiger partial charge in [-0.15, -0.1) is 0 Å². The van der Waals surface area contributed by atoms with Crippen molar-refractivity contribution in [1.29, 1.82) is 0 Å². The highest BCUT2D eigenvalue weighted by Crippen LogP contribution is 2.31. The van der Waals surface area contributed by atoms with Gasteiger partial charge in [0.2, 0.25) is 5.91 Å². The Morgan fingerprint density at radius 2 is 1.84 bits per heavy atom. The van der Waals surface area contributed by atoms with E-state index < -0.39 is 17.7 Å². The van der Waals surface area contributed by atoms with Gasteiger partial charge in [0, 0.05) is 36.8 Å². The first kappa shape index (κ1) is 22.7. The average molecular weight is 430 g/mol. The van der Waals surface area contributed by atoms with Crippen molar-refractivity contribution in [3.8, 4) is 5.75 Å². The van der Waals surface area contributed by atoms with E-state index >= 15 is 0 Å². The maximum atomic E-state index is 13.6. The third-order valence-corrected chi connectivity index (χ3v) is 4.92. The van der Waals surface area contributed by atoms with Gasteiger partial charge in [-0.2, -0.15) is 0 Å². The monoisotopic (exact) mass is 430 g/mol. The zero-order valence-corrected chi connectivity index (χ0v) is 18.3. The standard InChI is InChI=1S/C24H28F2N2O3/c1-5-20-23(30)28(13-15-8-17(25)11-18(26)9-15)14-16-10-19(6-7-21(16)31-20)27-22(29)12-24(2,3)4/h6-11,20H,5,12-14H2,1-4H3,(H,27,29)/t20-/m1/s1. The van der Waals surface area contributed by atoms with Gasteiger partial charge >= 0.3 is 0 Å². The molecule has 31 heavy (non-hydrogen) atoms. The number of rotatable bonds is 5. The number of anilines is 1. The molecule has 2 aromatic rings. The maximum absolute atomic E-state index is 13.6. The van der Waals surface area contributed by atoms with E-state index in [-0.39, 0.29) is 30.3 Å². The van der Waals surface area contributed by atoms with Crippen molar-refractivity contribution >= 4 is 17.5 Å². The van der Waals surface area contributed by atoms with Crippen molar-refractivity contribution in [2.45, 2.75) is 59.7 Å². The summed E-state index contributed by atoms with van der Waals surface area (Å²) in [5.41, 5.74) is 1.54. The Labute approximate surface area is 181 Å². The molecule has 3 rings (SSSR count). The summed E-state index contributed by atoms with van der Waals surface area (Å²) in [5.74, 6) is -1.17. The average Bonchev–Trinajstić information content (AvgIpc) is 2.76. The van der Waals surface area contributed by atoms with Crippen LogP contribution in [-0.2, 0) is 22.7 Å². The van der Waals surface area contributed by atoms with Crippen molar-refractivity contribution in [1.82, 2.24) is 4.90 Å². The Hall–Kier alpha value is -2.96. The molecule has 7 heteroatoms. The highest BCUT2D eigenvalue weighted by Gasteiger charge is 2.30. The number of amides is 2. The summed E-state index contributed by atoms with van der Waals surface area (Å²) < 4.78 is 33.2. The molecule has 2 aromatic carbocycles. The molecular formula is C24H28F2N2O3. The smallest absolute Gasteiger partial charge is 0.264 e. The molecule has 1 aliphatic rings. The van der Waals surface area contributed by atoms with Crippen LogP contribution in [0.4, 0.5) is 14.5 Å². The lowest BCUT2D eigenvalue weighted by atomic mass is 9.92. The van der Waals surface area contributed by atoms with E-state index in [1.54, 1.807) is 18.2 Å². The molecule has 0 radical (unpaired) electrons. The van der Waals surface area contributed by atoms with Gasteiger partial charge in [-0.25, -0.2) is 8.78 Å². The second kappa shape index (κ2) is 9.04. The fourth-order valence-corrected chi connectivity index (χ4v) is 3.59. The first-order valence-corrected chi connectivity index (χ1v) is 10.4. The van der Waals surface area contributed by atoms with E-state index in [0.717, 1.165) is 11.6 Å². The van der Waals surface area contributed by atoms with Crippen LogP contribution in [0.2, 0.25) is 0 Å². The first-order valence-electron chi connectivity index (χ1n) is 10.4. The summed E-state index contributed by atoms with van der Waals surface area (Å²) in [7, 11) is 0. The lowest BCUT2D eigenvalue weighted by Gasteiger charge is -2.23. The largest absolute Gasteiger partial charge is 0.480 e. The van der Waals surface area contributed by atoms with Crippen LogP contribution < -0.4 is 10.1 Å². The van der Waals surface area contributed by atoms with Crippen molar-refractivity contribution in [2.75, 3.05) is 5.32 Å². The topological polar surface area (TPSA) is 58.6 Å². The van der Waals surface area contributed by atoms with Crippen LogP contribution in [0.5, 0.6) is 5.75 Å². The molecule has 1 atom stereocenters. The molecule has 166 valence electrons. The Kier molecular flexibility index (Phi) is 6.62. The van der Waals surface area contributed by atoms with Gasteiger partial charge < -0.3 is 15.0 Å². The van der Waals surface area contributed by atoms with Crippen LogP contribution in [0, 0.1) is 17.0 Å². The number of benzene rings is 2. The van der Waals surface area contributed by atoms with Gasteiger partial charge in [0.05, 0.1) is 0 Å². The van der Waals surface area contributed by atoms with E-state index in [1.807, 2.05) is 27.7 Å². The molecule has 2 amide bonds. The Morgan fingerprint density at radius 1 is 1.16 bits per heavy atom. The van der Waals surface area contributed by atoms with Crippen molar-refractivity contribution in [3.05, 3.63) is 59.2 Å². The molecule has 1 aliphatic heterocycles. The fraction of sp³-hybridized carbons (Fsp3) is 0.417. The molecule has 1 N–H and O–H groups in total. The molecule has 0 saturated heterocycles. The van der Waals surface area contributed by atoms with Crippen molar-refractivity contribution in [3.63, 3.8) is 0 Å². The van der Waals surface area contributed by atoms with Crippen LogP contribution in [0.3, 0.4) is 0 Å². The van der Waals surface area contributed by atoms with Gasteiger partial charge in [-0.1, -0.05) is 27.7 Å². The summed E-state index contributed by atoms with van der Waals surface area (Å²) in [6.07, 6.45) is 0.130. The van der Waals surface area contributed by atoms with E-state index in [9.17, 15) is 18.4 Å². The number of carbonyl (C=O) groups excluding carboxylic acids is 2. The number of halogens is 2. The number of hydrogen-bond donors (Lipinski definition) is 1. The predicted octanol–water partition coefficient (Wildman–Crippen LogP) is 5.04. The highest BCUT2D eigenvalue weighted by atomic mass is 19.1. The molecule has 0 bridgehead atoms. The SMILES string of the molecule is CC[C@H]1Oc2ccc(NC(=O)CC(C)(C)C)cc2CN(Cc2cc(F)cc(F)c2)C1=O. The van der Waals surface area contributed by atoms with Crippen LogP contribution in [0.25, 0.3) is 0 Å². The lowest BCUT2D eigenvalue weighted by molar-refractivity contribution is -0.139.